The molecule has 19 heavy (non-hydrogen) atoms. The van der Waals surface area contributed by atoms with Gasteiger partial charge in [0.05, 0.1) is 6.61 Å². The Morgan fingerprint density at radius 2 is 2.11 bits per heavy atom. The lowest BCUT2D eigenvalue weighted by Gasteiger charge is -2.02. The van der Waals surface area contributed by atoms with Crippen molar-refractivity contribution in [3.05, 3.63) is 41.5 Å². The average Bonchev–Trinajstić information content (AvgIpc) is 2.77. The van der Waals surface area contributed by atoms with Gasteiger partial charge in [-0.1, -0.05) is 30.3 Å². The maximum Gasteiger partial charge on any atom is 0.343 e. The minimum atomic E-state index is -0.613. The Balaban J connectivity index is 2.62. The van der Waals surface area contributed by atoms with E-state index in [0.717, 1.165) is 0 Å². The van der Waals surface area contributed by atoms with Crippen LogP contribution in [0.15, 0.2) is 34.7 Å². The van der Waals surface area contributed by atoms with E-state index in [0.29, 0.717) is 5.56 Å². The van der Waals surface area contributed by atoms with Crippen molar-refractivity contribution in [1.29, 1.82) is 5.26 Å². The van der Waals surface area contributed by atoms with Crippen molar-refractivity contribution in [2.24, 2.45) is 0 Å². The fourth-order valence-corrected chi connectivity index (χ4v) is 1.75. The molecular formula is C14H12N2O3. The van der Waals surface area contributed by atoms with Crippen LogP contribution < -0.4 is 5.73 Å². The first-order chi connectivity index (χ1) is 9.19. The van der Waals surface area contributed by atoms with Crippen LogP contribution in [0.4, 0.5) is 5.88 Å². The predicted octanol–water partition coefficient (Wildman–Crippen LogP) is 2.58. The quantitative estimate of drug-likeness (QED) is 0.852. The molecule has 0 spiro atoms. The number of ether oxygens (including phenoxy) is 1. The Morgan fingerprint density at radius 3 is 2.68 bits per heavy atom. The van der Waals surface area contributed by atoms with E-state index < -0.39 is 5.97 Å². The van der Waals surface area contributed by atoms with Crippen LogP contribution in [0.1, 0.15) is 22.8 Å². The SMILES string of the molecule is CCOC(=O)c1c(-c2ccccc2)oc(N)c1C#N. The summed E-state index contributed by atoms with van der Waals surface area (Å²) in [4.78, 5) is 11.9. The Labute approximate surface area is 110 Å². The summed E-state index contributed by atoms with van der Waals surface area (Å²) >= 11 is 0. The number of anilines is 1. The van der Waals surface area contributed by atoms with Gasteiger partial charge in [0.2, 0.25) is 5.88 Å². The van der Waals surface area contributed by atoms with Crippen LogP contribution in [0.2, 0.25) is 0 Å². The highest BCUT2D eigenvalue weighted by Crippen LogP contribution is 2.33. The first-order valence-corrected chi connectivity index (χ1v) is 5.74. The fourth-order valence-electron chi connectivity index (χ4n) is 1.75. The zero-order chi connectivity index (χ0) is 13.8. The third-order valence-electron chi connectivity index (χ3n) is 2.56. The van der Waals surface area contributed by atoms with Gasteiger partial charge in [0.25, 0.3) is 0 Å². The van der Waals surface area contributed by atoms with Gasteiger partial charge in [0.15, 0.2) is 5.76 Å². The third-order valence-corrected chi connectivity index (χ3v) is 2.56. The second kappa shape index (κ2) is 5.27. The van der Waals surface area contributed by atoms with Crippen molar-refractivity contribution in [2.75, 3.05) is 12.3 Å². The standard InChI is InChI=1S/C14H12N2O3/c1-2-18-14(17)11-10(8-15)13(16)19-12(11)9-6-4-3-5-7-9/h3-7H,2,16H2,1H3. The van der Waals surface area contributed by atoms with Gasteiger partial charge in [-0.25, -0.2) is 4.79 Å². The molecule has 96 valence electrons. The molecule has 0 aliphatic heterocycles. The summed E-state index contributed by atoms with van der Waals surface area (Å²) in [5.74, 6) is -0.434. The number of hydrogen-bond donors (Lipinski definition) is 1. The number of nitrogens with two attached hydrogens (primary N) is 1. The van der Waals surface area contributed by atoms with Crippen molar-refractivity contribution in [1.82, 2.24) is 0 Å². The van der Waals surface area contributed by atoms with E-state index in [1.165, 1.54) is 0 Å². The minimum absolute atomic E-state index is 0.0114. The number of carbonyl (C=O) groups excluding carboxylic acids is 1. The number of benzene rings is 1. The maximum atomic E-state index is 11.9. The van der Waals surface area contributed by atoms with Crippen molar-refractivity contribution in [3.63, 3.8) is 0 Å². The summed E-state index contributed by atoms with van der Waals surface area (Å²) in [6.45, 7) is 1.90. The normalized spacial score (nSPS) is 9.89. The number of nitriles is 1. The summed E-state index contributed by atoms with van der Waals surface area (Å²) in [5.41, 5.74) is 6.38. The van der Waals surface area contributed by atoms with E-state index in [-0.39, 0.29) is 29.4 Å². The van der Waals surface area contributed by atoms with E-state index in [4.69, 9.17) is 20.1 Å². The summed E-state index contributed by atoms with van der Waals surface area (Å²) in [6.07, 6.45) is 0. The molecule has 1 heterocycles. The summed E-state index contributed by atoms with van der Waals surface area (Å²) < 4.78 is 10.3. The van der Waals surface area contributed by atoms with Gasteiger partial charge in [-0.05, 0) is 6.92 Å². The van der Waals surface area contributed by atoms with E-state index in [2.05, 4.69) is 0 Å². The van der Waals surface area contributed by atoms with Gasteiger partial charge >= 0.3 is 5.97 Å². The van der Waals surface area contributed by atoms with E-state index >= 15 is 0 Å². The van der Waals surface area contributed by atoms with Crippen LogP contribution >= 0.6 is 0 Å². The molecule has 1 aromatic carbocycles. The van der Waals surface area contributed by atoms with Crippen LogP contribution in [0.25, 0.3) is 11.3 Å². The summed E-state index contributed by atoms with van der Waals surface area (Å²) in [5, 5.41) is 9.08. The molecule has 0 saturated heterocycles. The molecule has 2 rings (SSSR count). The van der Waals surface area contributed by atoms with Crippen LogP contribution in [0.5, 0.6) is 0 Å². The van der Waals surface area contributed by atoms with E-state index in [1.54, 1.807) is 31.2 Å². The number of nitrogens with zero attached hydrogens (tertiary/aromatic N) is 1. The Bertz CT molecular complexity index is 639. The van der Waals surface area contributed by atoms with Gasteiger partial charge in [0, 0.05) is 5.56 Å². The molecule has 1 aromatic heterocycles. The van der Waals surface area contributed by atoms with Gasteiger partial charge in [-0.15, -0.1) is 0 Å². The molecule has 0 bridgehead atoms. The van der Waals surface area contributed by atoms with Crippen LogP contribution in [0, 0.1) is 11.3 Å². The number of esters is 1. The number of furan rings is 1. The number of carbonyl (C=O) groups is 1. The van der Waals surface area contributed by atoms with Crippen LogP contribution in [-0.4, -0.2) is 12.6 Å². The van der Waals surface area contributed by atoms with Crippen molar-refractivity contribution >= 4 is 11.9 Å². The molecule has 2 aromatic rings. The van der Waals surface area contributed by atoms with Crippen LogP contribution in [-0.2, 0) is 4.74 Å². The van der Waals surface area contributed by atoms with Gasteiger partial charge in [-0.3, -0.25) is 0 Å². The number of nitrogen functional groups attached to an aromatic ring is 1. The monoisotopic (exact) mass is 256 g/mol. The fraction of sp³-hybridized carbons (Fsp3) is 0.143. The predicted molar refractivity (Wildman–Crippen MR) is 69.2 cm³/mol. The lowest BCUT2D eigenvalue weighted by atomic mass is 10.1. The Morgan fingerprint density at radius 1 is 1.42 bits per heavy atom. The first-order valence-electron chi connectivity index (χ1n) is 5.74. The van der Waals surface area contributed by atoms with E-state index in [1.807, 2.05) is 12.1 Å². The van der Waals surface area contributed by atoms with E-state index in [9.17, 15) is 4.79 Å². The molecule has 0 unspecified atom stereocenters. The topological polar surface area (TPSA) is 89.2 Å². The lowest BCUT2D eigenvalue weighted by Crippen LogP contribution is -2.07. The molecule has 0 atom stereocenters. The highest BCUT2D eigenvalue weighted by molar-refractivity contribution is 6.00. The highest BCUT2D eigenvalue weighted by atomic mass is 16.5. The second-order valence-corrected chi connectivity index (χ2v) is 3.74. The molecule has 5 heteroatoms. The molecular weight excluding hydrogens is 244 g/mol. The average molecular weight is 256 g/mol. The zero-order valence-electron chi connectivity index (χ0n) is 10.3. The molecule has 5 nitrogen and oxygen atoms in total. The first kappa shape index (κ1) is 12.7. The maximum absolute atomic E-state index is 11.9. The third kappa shape index (κ3) is 2.29. The molecule has 0 aliphatic carbocycles. The molecule has 0 radical (unpaired) electrons. The number of rotatable bonds is 3. The lowest BCUT2D eigenvalue weighted by molar-refractivity contribution is 0.0526. The molecule has 2 N–H and O–H groups in total. The molecule has 0 saturated carbocycles. The van der Waals surface area contributed by atoms with Crippen molar-refractivity contribution < 1.29 is 13.9 Å². The Hall–Kier alpha value is -2.74. The number of hydrogen-bond acceptors (Lipinski definition) is 5. The summed E-state index contributed by atoms with van der Waals surface area (Å²) in [7, 11) is 0. The smallest absolute Gasteiger partial charge is 0.343 e. The van der Waals surface area contributed by atoms with Crippen molar-refractivity contribution in [2.45, 2.75) is 6.92 Å². The second-order valence-electron chi connectivity index (χ2n) is 3.74. The molecule has 0 fully saturated rings. The Kier molecular flexibility index (Phi) is 3.53. The largest absolute Gasteiger partial charge is 0.462 e. The molecule has 0 aliphatic rings. The van der Waals surface area contributed by atoms with Gasteiger partial charge < -0.3 is 14.9 Å². The summed E-state index contributed by atoms with van der Waals surface area (Å²) in [6, 6.07) is 10.8. The highest BCUT2D eigenvalue weighted by Gasteiger charge is 2.26. The van der Waals surface area contributed by atoms with Gasteiger partial charge in [0.1, 0.15) is 17.2 Å². The zero-order valence-corrected chi connectivity index (χ0v) is 10.3. The van der Waals surface area contributed by atoms with Crippen LogP contribution in [0.3, 0.4) is 0 Å². The van der Waals surface area contributed by atoms with Crippen molar-refractivity contribution in [3.8, 4) is 17.4 Å². The minimum Gasteiger partial charge on any atom is -0.462 e. The molecule has 0 amide bonds. The van der Waals surface area contributed by atoms with Gasteiger partial charge in [-0.2, -0.15) is 5.26 Å².